The lowest BCUT2D eigenvalue weighted by Gasteiger charge is -2.28. The van der Waals surface area contributed by atoms with Crippen LogP contribution in [0.5, 0.6) is 0 Å². The monoisotopic (exact) mass is 312 g/mol. The van der Waals surface area contributed by atoms with Crippen molar-refractivity contribution >= 4 is 21.6 Å². The van der Waals surface area contributed by atoms with Gasteiger partial charge in [0.15, 0.2) is 0 Å². The predicted octanol–water partition coefficient (Wildman–Crippen LogP) is 4.35. The molecular formula is C15H25BrN2. The molecule has 1 rings (SSSR count). The number of rotatable bonds is 6. The van der Waals surface area contributed by atoms with E-state index in [0.29, 0.717) is 12.1 Å². The van der Waals surface area contributed by atoms with Crippen LogP contribution in [0.4, 0.5) is 5.69 Å². The van der Waals surface area contributed by atoms with Gasteiger partial charge in [0.25, 0.3) is 0 Å². The van der Waals surface area contributed by atoms with Crippen molar-refractivity contribution in [2.45, 2.75) is 46.7 Å². The normalized spacial score (nSPS) is 12.8. The second-order valence-electron chi connectivity index (χ2n) is 4.86. The van der Waals surface area contributed by atoms with E-state index >= 15 is 0 Å². The zero-order valence-electron chi connectivity index (χ0n) is 12.1. The minimum atomic E-state index is 0.382. The van der Waals surface area contributed by atoms with Crippen molar-refractivity contribution in [1.82, 2.24) is 5.32 Å². The van der Waals surface area contributed by atoms with Gasteiger partial charge in [-0.1, -0.05) is 28.9 Å². The third-order valence-electron chi connectivity index (χ3n) is 3.26. The van der Waals surface area contributed by atoms with Crippen LogP contribution in [0, 0.1) is 0 Å². The maximum Gasteiger partial charge on any atom is 0.0379 e. The van der Waals surface area contributed by atoms with Crippen molar-refractivity contribution in [3.8, 4) is 0 Å². The average molecular weight is 313 g/mol. The van der Waals surface area contributed by atoms with Gasteiger partial charge in [0, 0.05) is 28.8 Å². The minimum absolute atomic E-state index is 0.382. The SMILES string of the molecule is CCNC(C)c1ccc(N(CC)C(C)C)cc1Br. The smallest absolute Gasteiger partial charge is 0.0379 e. The molecule has 18 heavy (non-hydrogen) atoms. The van der Waals surface area contributed by atoms with Crippen molar-refractivity contribution in [3.63, 3.8) is 0 Å². The molecule has 0 aliphatic heterocycles. The summed E-state index contributed by atoms with van der Waals surface area (Å²) in [4.78, 5) is 2.40. The van der Waals surface area contributed by atoms with Crippen LogP contribution >= 0.6 is 15.9 Å². The molecule has 1 aromatic rings. The molecule has 0 saturated carbocycles. The zero-order valence-corrected chi connectivity index (χ0v) is 13.7. The highest BCUT2D eigenvalue weighted by Gasteiger charge is 2.12. The fourth-order valence-electron chi connectivity index (χ4n) is 2.31. The highest BCUT2D eigenvalue weighted by atomic mass is 79.9. The topological polar surface area (TPSA) is 15.3 Å². The summed E-state index contributed by atoms with van der Waals surface area (Å²) >= 11 is 3.70. The summed E-state index contributed by atoms with van der Waals surface area (Å²) in [5.41, 5.74) is 2.60. The van der Waals surface area contributed by atoms with E-state index in [1.54, 1.807) is 0 Å². The Morgan fingerprint density at radius 1 is 1.22 bits per heavy atom. The summed E-state index contributed by atoms with van der Waals surface area (Å²) < 4.78 is 1.19. The number of benzene rings is 1. The van der Waals surface area contributed by atoms with Crippen LogP contribution in [0.25, 0.3) is 0 Å². The van der Waals surface area contributed by atoms with Crippen LogP contribution in [0.3, 0.4) is 0 Å². The molecule has 0 amide bonds. The maximum atomic E-state index is 3.70. The quantitative estimate of drug-likeness (QED) is 0.840. The van der Waals surface area contributed by atoms with E-state index in [9.17, 15) is 0 Å². The molecule has 3 heteroatoms. The maximum absolute atomic E-state index is 3.70. The minimum Gasteiger partial charge on any atom is -0.369 e. The first-order valence-electron chi connectivity index (χ1n) is 6.80. The summed E-state index contributed by atoms with van der Waals surface area (Å²) in [6, 6.07) is 7.58. The first-order valence-corrected chi connectivity index (χ1v) is 7.60. The van der Waals surface area contributed by atoms with E-state index in [-0.39, 0.29) is 0 Å². The molecule has 0 spiro atoms. The molecule has 1 atom stereocenters. The van der Waals surface area contributed by atoms with Gasteiger partial charge in [0.05, 0.1) is 0 Å². The van der Waals surface area contributed by atoms with Crippen molar-refractivity contribution < 1.29 is 0 Å². The molecule has 0 aliphatic rings. The molecule has 1 aromatic carbocycles. The van der Waals surface area contributed by atoms with Crippen LogP contribution in [-0.4, -0.2) is 19.1 Å². The van der Waals surface area contributed by atoms with Gasteiger partial charge >= 0.3 is 0 Å². The molecular weight excluding hydrogens is 288 g/mol. The van der Waals surface area contributed by atoms with E-state index in [1.807, 2.05) is 0 Å². The number of anilines is 1. The van der Waals surface area contributed by atoms with Crippen LogP contribution < -0.4 is 10.2 Å². The van der Waals surface area contributed by atoms with Gasteiger partial charge < -0.3 is 10.2 Å². The Kier molecular flexibility index (Phi) is 6.16. The van der Waals surface area contributed by atoms with Crippen molar-refractivity contribution in [1.29, 1.82) is 0 Å². The Morgan fingerprint density at radius 2 is 1.89 bits per heavy atom. The molecule has 0 fully saturated rings. The molecule has 1 N–H and O–H groups in total. The molecule has 0 saturated heterocycles. The summed E-state index contributed by atoms with van der Waals surface area (Å²) in [6.45, 7) is 13.0. The predicted molar refractivity (Wildman–Crippen MR) is 84.4 cm³/mol. The Balaban J connectivity index is 2.97. The van der Waals surface area contributed by atoms with Crippen LogP contribution in [0.15, 0.2) is 22.7 Å². The molecule has 0 heterocycles. The number of nitrogens with zero attached hydrogens (tertiary/aromatic N) is 1. The van der Waals surface area contributed by atoms with Gasteiger partial charge in [-0.15, -0.1) is 0 Å². The van der Waals surface area contributed by atoms with Crippen molar-refractivity contribution in [2.75, 3.05) is 18.0 Å². The second kappa shape index (κ2) is 7.15. The molecule has 0 aliphatic carbocycles. The molecule has 0 radical (unpaired) electrons. The van der Waals surface area contributed by atoms with E-state index in [0.717, 1.165) is 13.1 Å². The Morgan fingerprint density at radius 3 is 2.33 bits per heavy atom. The standard InChI is InChI=1S/C15H25BrN2/c1-6-17-12(5)14-9-8-13(10-15(14)16)18(7-2)11(3)4/h8-12,17H,6-7H2,1-5H3. The molecule has 0 aromatic heterocycles. The number of hydrogen-bond acceptors (Lipinski definition) is 2. The van der Waals surface area contributed by atoms with Crippen LogP contribution in [0.2, 0.25) is 0 Å². The fraction of sp³-hybridized carbons (Fsp3) is 0.600. The van der Waals surface area contributed by atoms with Gasteiger partial charge in [-0.3, -0.25) is 0 Å². The largest absolute Gasteiger partial charge is 0.369 e. The van der Waals surface area contributed by atoms with E-state index in [2.05, 4.69) is 79.0 Å². The Bertz CT molecular complexity index is 377. The van der Waals surface area contributed by atoms with Crippen molar-refractivity contribution in [3.05, 3.63) is 28.2 Å². The number of hydrogen-bond donors (Lipinski definition) is 1. The number of halogens is 1. The third-order valence-corrected chi connectivity index (χ3v) is 3.94. The van der Waals surface area contributed by atoms with E-state index in [4.69, 9.17) is 0 Å². The van der Waals surface area contributed by atoms with Gasteiger partial charge in [0.2, 0.25) is 0 Å². The first kappa shape index (κ1) is 15.5. The van der Waals surface area contributed by atoms with Gasteiger partial charge in [-0.25, -0.2) is 0 Å². The highest BCUT2D eigenvalue weighted by Crippen LogP contribution is 2.29. The molecule has 2 nitrogen and oxygen atoms in total. The molecule has 0 bridgehead atoms. The lowest BCUT2D eigenvalue weighted by atomic mass is 10.1. The lowest BCUT2D eigenvalue weighted by Crippen LogP contribution is -2.30. The fourth-order valence-corrected chi connectivity index (χ4v) is 3.02. The summed E-state index contributed by atoms with van der Waals surface area (Å²) in [5.74, 6) is 0. The summed E-state index contributed by atoms with van der Waals surface area (Å²) in [7, 11) is 0. The van der Waals surface area contributed by atoms with Gasteiger partial charge in [-0.2, -0.15) is 0 Å². The van der Waals surface area contributed by atoms with E-state index in [1.165, 1.54) is 15.7 Å². The van der Waals surface area contributed by atoms with Gasteiger partial charge in [0.1, 0.15) is 0 Å². The van der Waals surface area contributed by atoms with Crippen LogP contribution in [0.1, 0.15) is 46.2 Å². The second-order valence-corrected chi connectivity index (χ2v) is 5.72. The number of nitrogens with one attached hydrogen (secondary N) is 1. The Labute approximate surface area is 120 Å². The molecule has 102 valence electrons. The zero-order chi connectivity index (χ0) is 13.7. The first-order chi connectivity index (χ1) is 8.51. The lowest BCUT2D eigenvalue weighted by molar-refractivity contribution is 0.596. The van der Waals surface area contributed by atoms with E-state index < -0.39 is 0 Å². The molecule has 1 unspecified atom stereocenters. The van der Waals surface area contributed by atoms with Crippen LogP contribution in [-0.2, 0) is 0 Å². The summed E-state index contributed by atoms with van der Waals surface area (Å²) in [6.07, 6.45) is 0. The average Bonchev–Trinajstić information content (AvgIpc) is 2.29. The third kappa shape index (κ3) is 3.72. The Hall–Kier alpha value is -0.540. The van der Waals surface area contributed by atoms with Crippen molar-refractivity contribution in [2.24, 2.45) is 0 Å². The highest BCUT2D eigenvalue weighted by molar-refractivity contribution is 9.10. The van der Waals surface area contributed by atoms with Gasteiger partial charge in [-0.05, 0) is 51.9 Å². The summed E-state index contributed by atoms with van der Waals surface area (Å²) in [5, 5.41) is 3.44.